The second-order valence-electron chi connectivity index (χ2n) is 4.16. The molecule has 0 spiro atoms. The van der Waals surface area contributed by atoms with Crippen molar-refractivity contribution in [2.75, 3.05) is 6.61 Å². The zero-order chi connectivity index (χ0) is 14.8. The van der Waals surface area contributed by atoms with Crippen molar-refractivity contribution in [1.82, 2.24) is 19.6 Å². The van der Waals surface area contributed by atoms with Crippen LogP contribution in [0.2, 0.25) is 0 Å². The standard InChI is InChI=1S/C13H9BrF2N4O/c14-11-3-1-2-10(19-11)9-5-18-20-6-8(4-17-13(9)20)21-7-12(15)16/h1-6,12H,7H2. The van der Waals surface area contributed by atoms with E-state index in [0.29, 0.717) is 15.9 Å². The first-order valence-electron chi connectivity index (χ1n) is 6.01. The van der Waals surface area contributed by atoms with Gasteiger partial charge in [-0.1, -0.05) is 6.07 Å². The Bertz CT molecular complexity index is 778. The third-order valence-electron chi connectivity index (χ3n) is 2.70. The lowest BCUT2D eigenvalue weighted by Gasteiger charge is -2.05. The molecule has 5 nitrogen and oxygen atoms in total. The van der Waals surface area contributed by atoms with E-state index in [9.17, 15) is 8.78 Å². The predicted molar refractivity (Wildman–Crippen MR) is 75.4 cm³/mol. The van der Waals surface area contributed by atoms with E-state index in [2.05, 4.69) is 31.0 Å². The van der Waals surface area contributed by atoms with Gasteiger partial charge >= 0.3 is 0 Å². The van der Waals surface area contributed by atoms with Crippen molar-refractivity contribution in [3.05, 3.63) is 41.4 Å². The van der Waals surface area contributed by atoms with E-state index in [0.717, 1.165) is 5.56 Å². The highest BCUT2D eigenvalue weighted by molar-refractivity contribution is 9.10. The molecule has 0 bridgehead atoms. The molecule has 3 aromatic rings. The van der Waals surface area contributed by atoms with Crippen LogP contribution >= 0.6 is 15.9 Å². The summed E-state index contributed by atoms with van der Waals surface area (Å²) in [7, 11) is 0. The van der Waals surface area contributed by atoms with Gasteiger partial charge in [-0.25, -0.2) is 23.3 Å². The van der Waals surface area contributed by atoms with Crippen LogP contribution in [0.4, 0.5) is 8.78 Å². The van der Waals surface area contributed by atoms with Crippen molar-refractivity contribution in [1.29, 1.82) is 0 Å². The minimum atomic E-state index is -2.53. The minimum Gasteiger partial charge on any atom is -0.484 e. The van der Waals surface area contributed by atoms with Gasteiger partial charge in [-0.05, 0) is 28.1 Å². The van der Waals surface area contributed by atoms with Gasteiger partial charge in [-0.2, -0.15) is 5.10 Å². The lowest BCUT2D eigenvalue weighted by atomic mass is 10.2. The quantitative estimate of drug-likeness (QED) is 0.675. The van der Waals surface area contributed by atoms with Crippen molar-refractivity contribution in [3.63, 3.8) is 0 Å². The van der Waals surface area contributed by atoms with Crippen LogP contribution < -0.4 is 4.74 Å². The number of alkyl halides is 2. The molecule has 0 saturated carbocycles. The average Bonchev–Trinajstić information content (AvgIpc) is 2.88. The van der Waals surface area contributed by atoms with Gasteiger partial charge in [0.1, 0.15) is 11.2 Å². The number of halogens is 3. The first-order valence-corrected chi connectivity index (χ1v) is 6.80. The van der Waals surface area contributed by atoms with E-state index < -0.39 is 13.0 Å². The van der Waals surface area contributed by atoms with E-state index in [4.69, 9.17) is 4.74 Å². The molecule has 0 saturated heterocycles. The summed E-state index contributed by atoms with van der Waals surface area (Å²) in [6, 6.07) is 5.51. The van der Waals surface area contributed by atoms with Crippen molar-refractivity contribution in [3.8, 4) is 17.0 Å². The number of hydrogen-bond acceptors (Lipinski definition) is 4. The van der Waals surface area contributed by atoms with Crippen LogP contribution in [-0.2, 0) is 0 Å². The van der Waals surface area contributed by atoms with Gasteiger partial charge < -0.3 is 4.74 Å². The highest BCUT2D eigenvalue weighted by Gasteiger charge is 2.11. The van der Waals surface area contributed by atoms with Gasteiger partial charge in [-0.15, -0.1) is 0 Å². The molecule has 0 aliphatic rings. The molecule has 0 N–H and O–H groups in total. The Hall–Kier alpha value is -2.09. The maximum absolute atomic E-state index is 12.1. The number of fused-ring (bicyclic) bond motifs is 1. The average molecular weight is 355 g/mol. The zero-order valence-electron chi connectivity index (χ0n) is 10.6. The summed E-state index contributed by atoms with van der Waals surface area (Å²) in [4.78, 5) is 8.54. The molecule has 3 rings (SSSR count). The lowest BCUT2D eigenvalue weighted by molar-refractivity contribution is 0.0814. The predicted octanol–water partition coefficient (Wildman–Crippen LogP) is 3.20. The Balaban J connectivity index is 1.96. The number of pyridine rings is 1. The molecule has 0 fully saturated rings. The van der Waals surface area contributed by atoms with Gasteiger partial charge in [0.25, 0.3) is 6.43 Å². The van der Waals surface area contributed by atoms with Crippen LogP contribution in [0, 0.1) is 0 Å². The number of hydrogen-bond donors (Lipinski definition) is 0. The highest BCUT2D eigenvalue weighted by Crippen LogP contribution is 2.24. The first kappa shape index (κ1) is 13.9. The molecule has 0 aliphatic carbocycles. The number of rotatable bonds is 4. The van der Waals surface area contributed by atoms with Gasteiger partial charge in [0, 0.05) is 0 Å². The Morgan fingerprint density at radius 2 is 2.14 bits per heavy atom. The molecular weight excluding hydrogens is 346 g/mol. The van der Waals surface area contributed by atoms with Crippen LogP contribution in [0.3, 0.4) is 0 Å². The van der Waals surface area contributed by atoms with E-state index in [1.54, 1.807) is 6.20 Å². The van der Waals surface area contributed by atoms with Gasteiger partial charge in [0.05, 0.1) is 29.8 Å². The maximum atomic E-state index is 12.1. The molecule has 3 aromatic heterocycles. The summed E-state index contributed by atoms with van der Waals surface area (Å²) in [5.41, 5.74) is 2.04. The molecule has 8 heteroatoms. The minimum absolute atomic E-state index is 0.236. The summed E-state index contributed by atoms with van der Waals surface area (Å²) in [5, 5.41) is 4.14. The molecule has 0 amide bonds. The molecule has 0 aliphatic heterocycles. The number of aromatic nitrogens is 4. The van der Waals surface area contributed by atoms with Crippen LogP contribution in [0.1, 0.15) is 0 Å². The van der Waals surface area contributed by atoms with Crippen LogP contribution in [0.25, 0.3) is 16.9 Å². The summed E-state index contributed by atoms with van der Waals surface area (Å²) in [6.07, 6.45) is 1.99. The molecule has 21 heavy (non-hydrogen) atoms. The van der Waals surface area contributed by atoms with Crippen LogP contribution in [-0.4, -0.2) is 32.6 Å². The smallest absolute Gasteiger partial charge is 0.272 e. The SMILES string of the molecule is FC(F)COc1cnc2c(-c3cccc(Br)n3)cnn2c1. The fourth-order valence-electron chi connectivity index (χ4n) is 1.83. The van der Waals surface area contributed by atoms with E-state index in [1.165, 1.54) is 16.9 Å². The highest BCUT2D eigenvalue weighted by atomic mass is 79.9. The second kappa shape index (κ2) is 5.72. The Morgan fingerprint density at radius 3 is 2.90 bits per heavy atom. The molecule has 0 aromatic carbocycles. The normalized spacial score (nSPS) is 11.2. The number of ether oxygens (including phenoxy) is 1. The third-order valence-corrected chi connectivity index (χ3v) is 3.14. The monoisotopic (exact) mass is 354 g/mol. The van der Waals surface area contributed by atoms with Crippen molar-refractivity contribution in [2.24, 2.45) is 0 Å². The van der Waals surface area contributed by atoms with Gasteiger partial charge in [0.15, 0.2) is 11.4 Å². The topological polar surface area (TPSA) is 52.3 Å². The van der Waals surface area contributed by atoms with Crippen LogP contribution in [0.15, 0.2) is 41.4 Å². The Kier molecular flexibility index (Phi) is 3.78. The van der Waals surface area contributed by atoms with E-state index in [1.807, 2.05) is 18.2 Å². The van der Waals surface area contributed by atoms with E-state index in [-0.39, 0.29) is 5.75 Å². The fourth-order valence-corrected chi connectivity index (χ4v) is 2.17. The molecular formula is C13H9BrF2N4O. The summed E-state index contributed by atoms with van der Waals surface area (Å²) >= 11 is 3.31. The fraction of sp³-hybridized carbons (Fsp3) is 0.154. The first-order chi connectivity index (χ1) is 10.1. The third kappa shape index (κ3) is 2.99. The lowest BCUT2D eigenvalue weighted by Crippen LogP contribution is -2.07. The summed E-state index contributed by atoms with van der Waals surface area (Å²) in [5.74, 6) is 0.236. The molecule has 108 valence electrons. The van der Waals surface area contributed by atoms with Crippen molar-refractivity contribution in [2.45, 2.75) is 6.43 Å². The van der Waals surface area contributed by atoms with Crippen molar-refractivity contribution >= 4 is 21.6 Å². The zero-order valence-corrected chi connectivity index (χ0v) is 12.2. The molecule has 0 radical (unpaired) electrons. The Labute approximate surface area is 126 Å². The largest absolute Gasteiger partial charge is 0.484 e. The van der Waals surface area contributed by atoms with Gasteiger partial charge in [0.2, 0.25) is 0 Å². The maximum Gasteiger partial charge on any atom is 0.272 e. The molecule has 3 heterocycles. The molecule has 0 unspecified atom stereocenters. The van der Waals surface area contributed by atoms with Gasteiger partial charge in [-0.3, -0.25) is 0 Å². The van der Waals surface area contributed by atoms with E-state index >= 15 is 0 Å². The van der Waals surface area contributed by atoms with Crippen LogP contribution in [0.5, 0.6) is 5.75 Å². The second-order valence-corrected chi connectivity index (χ2v) is 4.98. The molecule has 0 atom stereocenters. The van der Waals surface area contributed by atoms with Crippen molar-refractivity contribution < 1.29 is 13.5 Å². The Morgan fingerprint density at radius 1 is 1.29 bits per heavy atom. The summed E-state index contributed by atoms with van der Waals surface area (Å²) < 4.78 is 31.3. The summed E-state index contributed by atoms with van der Waals surface area (Å²) in [6.45, 7) is -0.672. The number of nitrogens with zero attached hydrogens (tertiary/aromatic N) is 4.